The molecule has 0 radical (unpaired) electrons. The van der Waals surface area contributed by atoms with E-state index in [4.69, 9.17) is 5.73 Å². The van der Waals surface area contributed by atoms with Crippen LogP contribution in [0.4, 0.5) is 5.69 Å². The summed E-state index contributed by atoms with van der Waals surface area (Å²) in [5.74, 6) is -0.183. The van der Waals surface area contributed by atoms with Crippen molar-refractivity contribution in [1.29, 1.82) is 0 Å². The molecule has 3 N–H and O–H groups in total. The van der Waals surface area contributed by atoms with Crippen molar-refractivity contribution in [3.8, 4) is 0 Å². The van der Waals surface area contributed by atoms with E-state index in [9.17, 15) is 9.00 Å². The van der Waals surface area contributed by atoms with E-state index in [0.717, 1.165) is 12.0 Å². The van der Waals surface area contributed by atoms with Crippen molar-refractivity contribution in [2.45, 2.75) is 37.3 Å². The van der Waals surface area contributed by atoms with Gasteiger partial charge >= 0.3 is 0 Å². The fourth-order valence-electron chi connectivity index (χ4n) is 1.53. The van der Waals surface area contributed by atoms with Crippen LogP contribution in [0.5, 0.6) is 0 Å². The molecule has 18 heavy (non-hydrogen) atoms. The Morgan fingerprint density at radius 1 is 1.50 bits per heavy atom. The van der Waals surface area contributed by atoms with E-state index in [1.54, 1.807) is 25.1 Å². The minimum Gasteiger partial charge on any atom is -0.398 e. The highest BCUT2D eigenvalue weighted by Gasteiger charge is 2.22. The summed E-state index contributed by atoms with van der Waals surface area (Å²) in [6, 6.07) is 5.27. The predicted molar refractivity (Wildman–Crippen MR) is 74.8 cm³/mol. The first-order valence-electron chi connectivity index (χ1n) is 6.02. The van der Waals surface area contributed by atoms with Gasteiger partial charge in [0, 0.05) is 17.1 Å². The van der Waals surface area contributed by atoms with Crippen LogP contribution in [0, 0.1) is 6.92 Å². The van der Waals surface area contributed by atoms with Crippen molar-refractivity contribution in [2.24, 2.45) is 0 Å². The van der Waals surface area contributed by atoms with E-state index in [2.05, 4.69) is 5.32 Å². The van der Waals surface area contributed by atoms with Crippen LogP contribution in [0.15, 0.2) is 23.1 Å². The van der Waals surface area contributed by atoms with E-state index in [1.807, 2.05) is 13.8 Å². The van der Waals surface area contributed by atoms with Gasteiger partial charge in [0.05, 0.1) is 10.8 Å². The number of hydrogen-bond donors (Lipinski definition) is 2. The molecule has 1 aromatic rings. The second kappa shape index (κ2) is 6.54. The molecule has 5 heteroatoms. The Morgan fingerprint density at radius 2 is 2.17 bits per heavy atom. The second-order valence-electron chi connectivity index (χ2n) is 4.20. The molecule has 0 aromatic heterocycles. The maximum absolute atomic E-state index is 12.3. The van der Waals surface area contributed by atoms with Gasteiger partial charge in [0.25, 0.3) is 0 Å². The summed E-state index contributed by atoms with van der Waals surface area (Å²) in [6.45, 7) is 6.07. The number of anilines is 1. The highest BCUT2D eigenvalue weighted by atomic mass is 32.2. The summed E-state index contributed by atoms with van der Waals surface area (Å²) < 4.78 is 12.3. The molecule has 2 unspecified atom stereocenters. The minimum absolute atomic E-state index is 0.183. The standard InChI is InChI=1S/C13H20N2O2S/c1-4-8-15-13(16)10(3)18(17)12-7-5-6-11(14)9(12)2/h5-7,10H,4,8,14H2,1-3H3,(H,15,16). The summed E-state index contributed by atoms with van der Waals surface area (Å²) >= 11 is 0. The largest absolute Gasteiger partial charge is 0.398 e. The van der Waals surface area contributed by atoms with Crippen LogP contribution in [0.25, 0.3) is 0 Å². The quantitative estimate of drug-likeness (QED) is 0.797. The Kier molecular flexibility index (Phi) is 5.34. The smallest absolute Gasteiger partial charge is 0.235 e. The maximum Gasteiger partial charge on any atom is 0.235 e. The van der Waals surface area contributed by atoms with Gasteiger partial charge in [-0.3, -0.25) is 9.00 Å². The van der Waals surface area contributed by atoms with Gasteiger partial charge in [-0.2, -0.15) is 0 Å². The first kappa shape index (κ1) is 14.7. The molecule has 100 valence electrons. The Labute approximate surface area is 110 Å². The number of hydrogen-bond acceptors (Lipinski definition) is 3. The molecule has 0 aliphatic carbocycles. The molecule has 0 fully saturated rings. The fraction of sp³-hybridized carbons (Fsp3) is 0.462. The highest BCUT2D eigenvalue weighted by molar-refractivity contribution is 7.86. The highest BCUT2D eigenvalue weighted by Crippen LogP contribution is 2.21. The molecular weight excluding hydrogens is 248 g/mol. The van der Waals surface area contributed by atoms with Gasteiger partial charge in [-0.1, -0.05) is 13.0 Å². The zero-order valence-corrected chi connectivity index (χ0v) is 11.8. The van der Waals surface area contributed by atoms with Gasteiger partial charge in [0.2, 0.25) is 5.91 Å². The van der Waals surface area contributed by atoms with Gasteiger partial charge in [0.15, 0.2) is 0 Å². The number of nitrogens with one attached hydrogen (secondary N) is 1. The second-order valence-corrected chi connectivity index (χ2v) is 5.94. The zero-order valence-electron chi connectivity index (χ0n) is 11.0. The summed E-state index contributed by atoms with van der Waals surface area (Å²) in [6.07, 6.45) is 0.863. The van der Waals surface area contributed by atoms with E-state index in [-0.39, 0.29) is 5.91 Å². The molecule has 1 amide bonds. The molecule has 0 saturated carbocycles. The molecule has 0 aliphatic rings. The number of carbonyl (C=O) groups is 1. The third kappa shape index (κ3) is 3.32. The first-order valence-corrected chi connectivity index (χ1v) is 7.23. The molecule has 0 bridgehead atoms. The molecule has 2 atom stereocenters. The Hall–Kier alpha value is -1.36. The van der Waals surface area contributed by atoms with E-state index >= 15 is 0 Å². The van der Waals surface area contributed by atoms with Gasteiger partial charge in [-0.25, -0.2) is 0 Å². The van der Waals surface area contributed by atoms with Gasteiger partial charge in [0.1, 0.15) is 5.25 Å². The van der Waals surface area contributed by atoms with Gasteiger partial charge in [-0.15, -0.1) is 0 Å². The van der Waals surface area contributed by atoms with E-state index < -0.39 is 16.0 Å². The lowest BCUT2D eigenvalue weighted by Crippen LogP contribution is -2.36. The third-order valence-corrected chi connectivity index (χ3v) is 4.51. The lowest BCUT2D eigenvalue weighted by molar-refractivity contribution is -0.120. The number of rotatable bonds is 5. The Bertz CT molecular complexity index is 460. The molecule has 0 saturated heterocycles. The molecule has 1 rings (SSSR count). The van der Waals surface area contributed by atoms with Crippen molar-refractivity contribution in [1.82, 2.24) is 5.32 Å². The number of carbonyl (C=O) groups excluding carboxylic acids is 1. The van der Waals surface area contributed by atoms with Crippen LogP contribution in [0.3, 0.4) is 0 Å². The maximum atomic E-state index is 12.3. The van der Waals surface area contributed by atoms with Crippen molar-refractivity contribution < 1.29 is 9.00 Å². The Balaban J connectivity index is 2.87. The molecule has 0 spiro atoms. The summed E-state index contributed by atoms with van der Waals surface area (Å²) in [7, 11) is -1.38. The lowest BCUT2D eigenvalue weighted by Gasteiger charge is -2.14. The van der Waals surface area contributed by atoms with E-state index in [1.165, 1.54) is 0 Å². The van der Waals surface area contributed by atoms with Crippen LogP contribution in [-0.4, -0.2) is 21.9 Å². The number of nitrogen functional groups attached to an aromatic ring is 1. The van der Waals surface area contributed by atoms with Crippen molar-refractivity contribution in [3.05, 3.63) is 23.8 Å². The minimum atomic E-state index is -1.38. The lowest BCUT2D eigenvalue weighted by atomic mass is 10.2. The van der Waals surface area contributed by atoms with Crippen LogP contribution in [-0.2, 0) is 15.6 Å². The zero-order chi connectivity index (χ0) is 13.7. The molecule has 0 aliphatic heterocycles. The van der Waals surface area contributed by atoms with Crippen molar-refractivity contribution in [2.75, 3.05) is 12.3 Å². The number of benzene rings is 1. The SMILES string of the molecule is CCCNC(=O)C(C)S(=O)c1cccc(N)c1C. The predicted octanol–water partition coefficient (Wildman–Crippen LogP) is 1.60. The average molecular weight is 268 g/mol. The van der Waals surface area contributed by atoms with Crippen LogP contribution >= 0.6 is 0 Å². The number of nitrogens with two attached hydrogens (primary N) is 1. The normalized spacial score (nSPS) is 13.9. The summed E-state index contributed by atoms with van der Waals surface area (Å²) in [4.78, 5) is 12.4. The molecule has 1 aromatic carbocycles. The number of amides is 1. The van der Waals surface area contributed by atoms with Gasteiger partial charge in [-0.05, 0) is 38.0 Å². The van der Waals surface area contributed by atoms with Crippen molar-refractivity contribution >= 4 is 22.4 Å². The topological polar surface area (TPSA) is 72.2 Å². The average Bonchev–Trinajstić information content (AvgIpc) is 2.37. The third-order valence-electron chi connectivity index (χ3n) is 2.78. The first-order chi connectivity index (χ1) is 8.49. The van der Waals surface area contributed by atoms with Crippen LogP contribution in [0.2, 0.25) is 0 Å². The summed E-state index contributed by atoms with van der Waals surface area (Å²) in [5.41, 5.74) is 7.16. The Morgan fingerprint density at radius 3 is 2.78 bits per heavy atom. The van der Waals surface area contributed by atoms with E-state index in [0.29, 0.717) is 17.1 Å². The monoisotopic (exact) mass is 268 g/mol. The van der Waals surface area contributed by atoms with Crippen molar-refractivity contribution in [3.63, 3.8) is 0 Å². The van der Waals surface area contributed by atoms with Gasteiger partial charge < -0.3 is 11.1 Å². The summed E-state index contributed by atoms with van der Waals surface area (Å²) in [5, 5.41) is 2.18. The molecular formula is C13H20N2O2S. The molecule has 4 nitrogen and oxygen atoms in total. The van der Waals surface area contributed by atoms with Crippen LogP contribution < -0.4 is 11.1 Å². The fourth-order valence-corrected chi connectivity index (χ4v) is 2.82. The molecule has 0 heterocycles. The van der Waals surface area contributed by atoms with Crippen LogP contribution in [0.1, 0.15) is 25.8 Å².